The minimum Gasteiger partial charge on any atom is -0.322 e. The summed E-state index contributed by atoms with van der Waals surface area (Å²) in [5.74, 6) is -0.231. The number of para-hydroxylation sites is 1. The van der Waals surface area contributed by atoms with E-state index in [-0.39, 0.29) is 5.91 Å². The van der Waals surface area contributed by atoms with E-state index in [1.165, 1.54) is 0 Å². The van der Waals surface area contributed by atoms with E-state index in [1.807, 2.05) is 31.2 Å². The first kappa shape index (κ1) is 13.0. The Bertz CT molecular complexity index is 598. The van der Waals surface area contributed by atoms with Gasteiger partial charge in [0.1, 0.15) is 0 Å². The molecule has 1 amide bonds. The van der Waals surface area contributed by atoms with Crippen molar-refractivity contribution in [2.45, 2.75) is 11.8 Å². The molecule has 92 valence electrons. The molecule has 0 aliphatic carbocycles. The summed E-state index contributed by atoms with van der Waals surface area (Å²) < 4.78 is 0. The van der Waals surface area contributed by atoms with Crippen LogP contribution in [0.4, 0.5) is 5.69 Å². The van der Waals surface area contributed by atoms with E-state index in [4.69, 9.17) is 11.6 Å². The van der Waals surface area contributed by atoms with Crippen LogP contribution in [0.3, 0.4) is 0 Å². The predicted molar refractivity (Wildman–Crippen MR) is 77.8 cm³/mol. The van der Waals surface area contributed by atoms with Gasteiger partial charge in [-0.3, -0.25) is 4.79 Å². The van der Waals surface area contributed by atoms with Crippen LogP contribution >= 0.6 is 24.2 Å². The Morgan fingerprint density at radius 2 is 1.94 bits per heavy atom. The molecule has 0 unspecified atom stereocenters. The van der Waals surface area contributed by atoms with Crippen LogP contribution in [0.25, 0.3) is 0 Å². The first-order valence-electron chi connectivity index (χ1n) is 5.43. The fraction of sp³-hybridized carbons (Fsp3) is 0.0714. The first-order valence-corrected chi connectivity index (χ1v) is 6.26. The highest BCUT2D eigenvalue weighted by Crippen LogP contribution is 2.22. The molecule has 0 atom stereocenters. The number of thiol groups is 1. The maximum absolute atomic E-state index is 12.1. The smallest absolute Gasteiger partial charge is 0.257 e. The van der Waals surface area contributed by atoms with Gasteiger partial charge in [-0.2, -0.15) is 0 Å². The van der Waals surface area contributed by atoms with Crippen molar-refractivity contribution in [1.82, 2.24) is 0 Å². The number of carbonyl (C=O) groups excluding carboxylic acids is 1. The summed E-state index contributed by atoms with van der Waals surface area (Å²) in [5.41, 5.74) is 2.21. The molecule has 0 saturated heterocycles. The van der Waals surface area contributed by atoms with Crippen LogP contribution in [0.1, 0.15) is 15.9 Å². The van der Waals surface area contributed by atoms with Crippen LogP contribution < -0.4 is 5.32 Å². The maximum atomic E-state index is 12.1. The van der Waals surface area contributed by atoms with Crippen LogP contribution in [0.2, 0.25) is 5.02 Å². The van der Waals surface area contributed by atoms with Crippen LogP contribution in [-0.2, 0) is 0 Å². The summed E-state index contributed by atoms with van der Waals surface area (Å²) in [6.07, 6.45) is 0. The molecule has 18 heavy (non-hydrogen) atoms. The zero-order chi connectivity index (χ0) is 13.1. The van der Waals surface area contributed by atoms with Gasteiger partial charge in [0.15, 0.2) is 0 Å². The van der Waals surface area contributed by atoms with Gasteiger partial charge in [0.05, 0.1) is 10.6 Å². The lowest BCUT2D eigenvalue weighted by Gasteiger charge is -2.09. The molecule has 2 aromatic carbocycles. The van der Waals surface area contributed by atoms with Gasteiger partial charge in [-0.05, 0) is 36.8 Å². The Morgan fingerprint density at radius 1 is 1.22 bits per heavy atom. The largest absolute Gasteiger partial charge is 0.322 e. The molecule has 1 N–H and O–H groups in total. The number of rotatable bonds is 2. The van der Waals surface area contributed by atoms with E-state index in [1.54, 1.807) is 18.2 Å². The number of hydrogen-bond acceptors (Lipinski definition) is 2. The fourth-order valence-corrected chi connectivity index (χ4v) is 2.00. The third-order valence-corrected chi connectivity index (χ3v) is 3.20. The molecular formula is C14H12ClNOS. The normalized spacial score (nSPS) is 10.2. The summed E-state index contributed by atoms with van der Waals surface area (Å²) >= 11 is 10.2. The Labute approximate surface area is 116 Å². The van der Waals surface area contributed by atoms with Crippen molar-refractivity contribution in [3.05, 3.63) is 58.6 Å². The van der Waals surface area contributed by atoms with E-state index in [9.17, 15) is 4.79 Å². The summed E-state index contributed by atoms with van der Waals surface area (Å²) in [5, 5.41) is 3.25. The average molecular weight is 278 g/mol. The van der Waals surface area contributed by atoms with Crippen LogP contribution in [0.15, 0.2) is 47.4 Å². The van der Waals surface area contributed by atoms with Crippen molar-refractivity contribution in [3.63, 3.8) is 0 Å². The number of halogens is 1. The van der Waals surface area contributed by atoms with Gasteiger partial charge in [-0.1, -0.05) is 29.8 Å². The van der Waals surface area contributed by atoms with Crippen molar-refractivity contribution < 1.29 is 4.79 Å². The van der Waals surface area contributed by atoms with Crippen LogP contribution in [-0.4, -0.2) is 5.91 Å². The zero-order valence-corrected chi connectivity index (χ0v) is 11.4. The third kappa shape index (κ3) is 2.86. The molecule has 0 aliphatic rings. The molecule has 4 heteroatoms. The summed E-state index contributed by atoms with van der Waals surface area (Å²) in [4.78, 5) is 12.8. The quantitative estimate of drug-likeness (QED) is 0.792. The highest BCUT2D eigenvalue weighted by Gasteiger charge is 2.11. The van der Waals surface area contributed by atoms with Gasteiger partial charge in [-0.15, -0.1) is 12.6 Å². The minimum absolute atomic E-state index is 0.231. The van der Waals surface area contributed by atoms with Crippen molar-refractivity contribution >= 4 is 35.8 Å². The van der Waals surface area contributed by atoms with Gasteiger partial charge in [-0.25, -0.2) is 0 Å². The minimum atomic E-state index is -0.231. The topological polar surface area (TPSA) is 29.1 Å². The van der Waals surface area contributed by atoms with Crippen LogP contribution in [0, 0.1) is 6.92 Å². The number of amides is 1. The van der Waals surface area contributed by atoms with Crippen molar-refractivity contribution in [2.75, 3.05) is 5.32 Å². The fourth-order valence-electron chi connectivity index (χ4n) is 1.59. The highest BCUT2D eigenvalue weighted by atomic mass is 35.5. The number of anilines is 1. The SMILES string of the molecule is Cc1ccccc1NC(=O)c1cc(S)ccc1Cl. The molecule has 2 aromatic rings. The second kappa shape index (κ2) is 5.46. The summed E-state index contributed by atoms with van der Waals surface area (Å²) in [6.45, 7) is 1.94. The second-order valence-corrected chi connectivity index (χ2v) is 4.86. The molecule has 0 fully saturated rings. The molecule has 0 saturated carbocycles. The molecule has 0 radical (unpaired) electrons. The van der Waals surface area contributed by atoms with E-state index < -0.39 is 0 Å². The Kier molecular flexibility index (Phi) is 3.94. The summed E-state index contributed by atoms with van der Waals surface area (Å²) in [7, 11) is 0. The molecule has 2 rings (SSSR count). The second-order valence-electron chi connectivity index (χ2n) is 3.93. The standard InChI is InChI=1S/C14H12ClNOS/c1-9-4-2-3-5-13(9)16-14(17)11-8-10(18)6-7-12(11)15/h2-8,18H,1H3,(H,16,17). The predicted octanol–water partition coefficient (Wildman–Crippen LogP) is 4.19. The lowest BCUT2D eigenvalue weighted by Crippen LogP contribution is -2.13. The maximum Gasteiger partial charge on any atom is 0.257 e. The Hall–Kier alpha value is -1.45. The lowest BCUT2D eigenvalue weighted by molar-refractivity contribution is 0.102. The van der Waals surface area contributed by atoms with Crippen molar-refractivity contribution in [3.8, 4) is 0 Å². The number of nitrogens with one attached hydrogen (secondary N) is 1. The van der Waals surface area contributed by atoms with E-state index in [0.29, 0.717) is 15.5 Å². The molecule has 0 aliphatic heterocycles. The number of benzene rings is 2. The average Bonchev–Trinajstić information content (AvgIpc) is 2.35. The number of hydrogen-bond donors (Lipinski definition) is 2. The van der Waals surface area contributed by atoms with Gasteiger partial charge in [0.2, 0.25) is 0 Å². The van der Waals surface area contributed by atoms with Gasteiger partial charge >= 0.3 is 0 Å². The molecule has 2 nitrogen and oxygen atoms in total. The number of carbonyl (C=O) groups is 1. The summed E-state index contributed by atoms with van der Waals surface area (Å²) in [6, 6.07) is 12.6. The van der Waals surface area contributed by atoms with Crippen molar-refractivity contribution in [1.29, 1.82) is 0 Å². The lowest BCUT2D eigenvalue weighted by atomic mass is 10.1. The van der Waals surface area contributed by atoms with Crippen molar-refractivity contribution in [2.24, 2.45) is 0 Å². The van der Waals surface area contributed by atoms with Crippen LogP contribution in [0.5, 0.6) is 0 Å². The highest BCUT2D eigenvalue weighted by molar-refractivity contribution is 7.80. The van der Waals surface area contributed by atoms with Gasteiger partial charge < -0.3 is 5.32 Å². The Balaban J connectivity index is 2.28. The molecule has 0 aromatic heterocycles. The molecular weight excluding hydrogens is 266 g/mol. The zero-order valence-electron chi connectivity index (χ0n) is 9.77. The van der Waals surface area contributed by atoms with E-state index in [0.717, 1.165) is 11.3 Å². The monoisotopic (exact) mass is 277 g/mol. The van der Waals surface area contributed by atoms with Gasteiger partial charge in [0.25, 0.3) is 5.91 Å². The molecule has 0 spiro atoms. The molecule has 0 heterocycles. The first-order chi connectivity index (χ1) is 8.58. The third-order valence-electron chi connectivity index (χ3n) is 2.59. The van der Waals surface area contributed by atoms with E-state index in [2.05, 4.69) is 17.9 Å². The van der Waals surface area contributed by atoms with Gasteiger partial charge in [0, 0.05) is 10.6 Å². The molecule has 0 bridgehead atoms. The Morgan fingerprint density at radius 3 is 2.67 bits per heavy atom. The van der Waals surface area contributed by atoms with E-state index >= 15 is 0 Å². The number of aryl methyl sites for hydroxylation is 1.